The number of unbranched alkanes of at least 4 members (excludes halogenated alkanes) is 8. The molecule has 8 nitrogen and oxygen atoms in total. The fourth-order valence-corrected chi connectivity index (χ4v) is 6.82. The van der Waals surface area contributed by atoms with E-state index in [0.29, 0.717) is 32.5 Å². The maximum absolute atomic E-state index is 13.1. The normalized spacial score (nSPS) is 15.0. The van der Waals surface area contributed by atoms with E-state index < -0.39 is 0 Å². The molecule has 1 aliphatic rings. The van der Waals surface area contributed by atoms with Crippen molar-refractivity contribution in [3.8, 4) is 22.8 Å². The van der Waals surface area contributed by atoms with Crippen LogP contribution in [0, 0.1) is 0 Å². The Hall–Kier alpha value is -3.33. The van der Waals surface area contributed by atoms with Crippen LogP contribution in [0.5, 0.6) is 5.75 Å². The van der Waals surface area contributed by atoms with Crippen LogP contribution in [0.25, 0.3) is 17.1 Å². The zero-order valence-electron chi connectivity index (χ0n) is 27.5. The molecule has 1 aliphatic heterocycles. The first kappa shape index (κ1) is 34.5. The lowest BCUT2D eigenvalue weighted by Gasteiger charge is -2.40. The topological polar surface area (TPSA) is 80.6 Å². The summed E-state index contributed by atoms with van der Waals surface area (Å²) >= 11 is 1.61. The van der Waals surface area contributed by atoms with E-state index in [-0.39, 0.29) is 17.9 Å². The minimum atomic E-state index is 0.0580. The minimum Gasteiger partial charge on any atom is -0.497 e. The highest BCUT2D eigenvalue weighted by Gasteiger charge is 2.29. The standard InChI is InChI=1S/C36H51N5O3S/c1-4-5-6-7-8-9-10-11-15-19-34(43)40-26-25-39(28-29(40)2)33(42)20-16-27-45-36-38-37-35(30-17-13-12-14-18-30)41(36)31-21-23-32(44-3)24-22-31/h12-14,17-18,21-24,29H,4-11,15-16,19-20,25-28H2,1-3H3. The van der Waals surface area contributed by atoms with Crippen molar-refractivity contribution >= 4 is 23.6 Å². The number of hydrogen-bond acceptors (Lipinski definition) is 6. The lowest BCUT2D eigenvalue weighted by atomic mass is 10.1. The molecule has 0 saturated carbocycles. The van der Waals surface area contributed by atoms with Crippen molar-refractivity contribution in [2.24, 2.45) is 0 Å². The molecule has 2 aromatic carbocycles. The Kier molecular flexibility index (Phi) is 14.3. The van der Waals surface area contributed by atoms with Crippen molar-refractivity contribution in [2.45, 2.75) is 102 Å². The number of ether oxygens (including phenoxy) is 1. The van der Waals surface area contributed by atoms with Crippen LogP contribution < -0.4 is 4.74 Å². The molecule has 1 atom stereocenters. The number of aromatic nitrogens is 3. The van der Waals surface area contributed by atoms with Crippen molar-refractivity contribution in [3.05, 3.63) is 54.6 Å². The Morgan fingerprint density at radius 2 is 1.49 bits per heavy atom. The van der Waals surface area contributed by atoms with Gasteiger partial charge in [-0.3, -0.25) is 14.2 Å². The molecule has 9 heteroatoms. The number of carbonyl (C=O) groups is 2. The smallest absolute Gasteiger partial charge is 0.222 e. The summed E-state index contributed by atoms with van der Waals surface area (Å²) in [6, 6.07) is 18.0. The van der Waals surface area contributed by atoms with Crippen molar-refractivity contribution in [2.75, 3.05) is 32.5 Å². The zero-order chi connectivity index (χ0) is 31.9. The van der Waals surface area contributed by atoms with Gasteiger partial charge in [-0.25, -0.2) is 0 Å². The van der Waals surface area contributed by atoms with Gasteiger partial charge in [-0.2, -0.15) is 0 Å². The number of carbonyl (C=O) groups excluding carboxylic acids is 2. The molecule has 2 heterocycles. The molecule has 3 aromatic rings. The molecular weight excluding hydrogens is 582 g/mol. The van der Waals surface area contributed by atoms with Crippen molar-refractivity contribution in [1.82, 2.24) is 24.6 Å². The van der Waals surface area contributed by atoms with Crippen LogP contribution in [0.4, 0.5) is 0 Å². The largest absolute Gasteiger partial charge is 0.497 e. The van der Waals surface area contributed by atoms with E-state index in [4.69, 9.17) is 4.74 Å². The van der Waals surface area contributed by atoms with E-state index in [0.717, 1.165) is 53.0 Å². The molecular formula is C36H51N5O3S. The molecule has 244 valence electrons. The second-order valence-corrected chi connectivity index (χ2v) is 13.1. The van der Waals surface area contributed by atoms with Gasteiger partial charge in [0.1, 0.15) is 5.75 Å². The molecule has 2 amide bonds. The summed E-state index contributed by atoms with van der Waals surface area (Å²) < 4.78 is 7.41. The highest BCUT2D eigenvalue weighted by Crippen LogP contribution is 2.29. The Bertz CT molecular complexity index is 1310. The number of nitrogens with zero attached hydrogens (tertiary/aromatic N) is 5. The highest BCUT2D eigenvalue weighted by atomic mass is 32.2. The molecule has 1 aromatic heterocycles. The fraction of sp³-hybridized carbons (Fsp3) is 0.556. The Balaban J connectivity index is 1.20. The molecule has 0 radical (unpaired) electrons. The molecule has 0 bridgehead atoms. The van der Waals surface area contributed by atoms with Crippen LogP contribution in [0.15, 0.2) is 59.8 Å². The van der Waals surface area contributed by atoms with Gasteiger partial charge >= 0.3 is 0 Å². The molecule has 1 saturated heterocycles. The summed E-state index contributed by atoms with van der Waals surface area (Å²) in [4.78, 5) is 29.9. The van der Waals surface area contributed by atoms with E-state index in [9.17, 15) is 9.59 Å². The number of piperazine rings is 1. The number of amides is 2. The predicted octanol–water partition coefficient (Wildman–Crippen LogP) is 7.80. The third-order valence-electron chi connectivity index (χ3n) is 8.56. The van der Waals surface area contributed by atoms with Gasteiger partial charge in [0.25, 0.3) is 0 Å². The first-order valence-electron chi connectivity index (χ1n) is 16.9. The molecule has 1 unspecified atom stereocenters. The lowest BCUT2D eigenvalue weighted by molar-refractivity contribution is -0.142. The second kappa shape index (κ2) is 18.6. The average molecular weight is 634 g/mol. The molecule has 4 rings (SSSR count). The van der Waals surface area contributed by atoms with Gasteiger partial charge in [0.2, 0.25) is 11.8 Å². The summed E-state index contributed by atoms with van der Waals surface area (Å²) in [7, 11) is 1.66. The number of benzene rings is 2. The highest BCUT2D eigenvalue weighted by molar-refractivity contribution is 7.99. The van der Waals surface area contributed by atoms with Crippen LogP contribution in [0.1, 0.15) is 90.9 Å². The number of hydrogen-bond donors (Lipinski definition) is 0. The van der Waals surface area contributed by atoms with Gasteiger partial charge in [0.05, 0.1) is 7.11 Å². The van der Waals surface area contributed by atoms with Gasteiger partial charge in [-0.15, -0.1) is 10.2 Å². The van der Waals surface area contributed by atoms with Crippen molar-refractivity contribution in [1.29, 1.82) is 0 Å². The summed E-state index contributed by atoms with van der Waals surface area (Å²) in [6.07, 6.45) is 13.1. The molecule has 1 fully saturated rings. The monoisotopic (exact) mass is 633 g/mol. The van der Waals surface area contributed by atoms with Crippen LogP contribution in [0.2, 0.25) is 0 Å². The zero-order valence-corrected chi connectivity index (χ0v) is 28.3. The van der Waals surface area contributed by atoms with Gasteiger partial charge < -0.3 is 14.5 Å². The minimum absolute atomic E-state index is 0.0580. The van der Waals surface area contributed by atoms with E-state index in [1.54, 1.807) is 18.9 Å². The van der Waals surface area contributed by atoms with Gasteiger partial charge in [0.15, 0.2) is 11.0 Å². The maximum Gasteiger partial charge on any atom is 0.222 e. The SMILES string of the molecule is CCCCCCCCCCCC(=O)N1CCN(C(=O)CCCSc2nnc(-c3ccccc3)n2-c2ccc(OC)cc2)CC1C. The molecule has 0 spiro atoms. The first-order chi connectivity index (χ1) is 22.0. The van der Waals surface area contributed by atoms with Crippen LogP contribution in [-0.2, 0) is 9.59 Å². The predicted molar refractivity (Wildman–Crippen MR) is 183 cm³/mol. The van der Waals surface area contributed by atoms with Crippen LogP contribution in [-0.4, -0.2) is 74.9 Å². The molecule has 0 aliphatic carbocycles. The molecule has 0 N–H and O–H groups in total. The third kappa shape index (κ3) is 10.3. The third-order valence-corrected chi connectivity index (χ3v) is 9.57. The van der Waals surface area contributed by atoms with E-state index in [2.05, 4.69) is 28.6 Å². The van der Waals surface area contributed by atoms with Crippen LogP contribution in [0.3, 0.4) is 0 Å². The first-order valence-corrected chi connectivity index (χ1v) is 17.9. The lowest BCUT2D eigenvalue weighted by Crippen LogP contribution is -2.55. The quantitative estimate of drug-likeness (QED) is 0.105. The average Bonchev–Trinajstić information content (AvgIpc) is 3.50. The summed E-state index contributed by atoms with van der Waals surface area (Å²) in [5.74, 6) is 2.72. The van der Waals surface area contributed by atoms with Crippen LogP contribution >= 0.6 is 11.8 Å². The fourth-order valence-electron chi connectivity index (χ4n) is 5.93. The van der Waals surface area contributed by atoms with Gasteiger partial charge in [0, 0.05) is 55.5 Å². The number of methoxy groups -OCH3 is 1. The van der Waals surface area contributed by atoms with Crippen molar-refractivity contribution in [3.63, 3.8) is 0 Å². The van der Waals surface area contributed by atoms with Crippen molar-refractivity contribution < 1.29 is 14.3 Å². The summed E-state index contributed by atoms with van der Waals surface area (Å²) in [5.41, 5.74) is 1.94. The van der Waals surface area contributed by atoms with Gasteiger partial charge in [-0.05, 0) is 44.0 Å². The van der Waals surface area contributed by atoms with Gasteiger partial charge in [-0.1, -0.05) is 100 Å². The Labute approximate surface area is 273 Å². The number of rotatable bonds is 18. The summed E-state index contributed by atoms with van der Waals surface area (Å²) in [6.45, 7) is 6.18. The Morgan fingerprint density at radius 1 is 0.822 bits per heavy atom. The van der Waals surface area contributed by atoms with E-state index in [1.165, 1.54) is 44.9 Å². The maximum atomic E-state index is 13.1. The molecule has 45 heavy (non-hydrogen) atoms. The van der Waals surface area contributed by atoms with E-state index in [1.807, 2.05) is 64.4 Å². The van der Waals surface area contributed by atoms with E-state index >= 15 is 0 Å². The Morgan fingerprint density at radius 3 is 2.16 bits per heavy atom. The second-order valence-electron chi connectivity index (χ2n) is 12.0. The number of thioether (sulfide) groups is 1. The summed E-state index contributed by atoms with van der Waals surface area (Å²) in [5, 5.41) is 9.82.